The van der Waals surface area contributed by atoms with Gasteiger partial charge in [-0.15, -0.1) is 0 Å². The maximum absolute atomic E-state index is 13.2. The van der Waals surface area contributed by atoms with E-state index < -0.39 is 9.84 Å². The quantitative estimate of drug-likeness (QED) is 0.811. The molecule has 0 N–H and O–H groups in total. The van der Waals surface area contributed by atoms with E-state index in [9.17, 15) is 8.42 Å². The summed E-state index contributed by atoms with van der Waals surface area (Å²) < 4.78 is 31.6. The van der Waals surface area contributed by atoms with Crippen molar-refractivity contribution in [3.8, 4) is 5.75 Å². The third-order valence-electron chi connectivity index (χ3n) is 6.03. The van der Waals surface area contributed by atoms with Gasteiger partial charge in [0.1, 0.15) is 5.75 Å². The molecule has 0 radical (unpaired) electrons. The van der Waals surface area contributed by atoms with Crippen LogP contribution in [0.2, 0.25) is 0 Å². The summed E-state index contributed by atoms with van der Waals surface area (Å²) >= 11 is 0. The number of anilines is 1. The van der Waals surface area contributed by atoms with Gasteiger partial charge >= 0.3 is 0 Å². The number of nitrogens with zero attached hydrogens (tertiary/aromatic N) is 2. The number of hydrogen-bond donors (Lipinski definition) is 0. The average molecular weight is 387 g/mol. The summed E-state index contributed by atoms with van der Waals surface area (Å²) in [5.41, 5.74) is 2.33. The Labute approximate surface area is 161 Å². The van der Waals surface area contributed by atoms with Crippen molar-refractivity contribution in [1.82, 2.24) is 4.90 Å². The second-order valence-corrected chi connectivity index (χ2v) is 9.52. The van der Waals surface area contributed by atoms with E-state index in [0.717, 1.165) is 25.9 Å². The molecule has 144 valence electrons. The average Bonchev–Trinajstić information content (AvgIpc) is 2.81. The molecule has 0 saturated carbocycles. The zero-order valence-corrected chi connectivity index (χ0v) is 16.9. The molecule has 2 aliphatic rings. The van der Waals surface area contributed by atoms with E-state index in [0.29, 0.717) is 22.6 Å². The van der Waals surface area contributed by atoms with Crippen LogP contribution in [0.5, 0.6) is 5.75 Å². The van der Waals surface area contributed by atoms with Crippen molar-refractivity contribution in [2.24, 2.45) is 0 Å². The summed E-state index contributed by atoms with van der Waals surface area (Å²) in [4.78, 5) is 5.33. The van der Waals surface area contributed by atoms with Crippen LogP contribution in [0, 0.1) is 0 Å². The molecule has 0 spiro atoms. The summed E-state index contributed by atoms with van der Waals surface area (Å²) in [5.74, 6) is 0.930. The number of likely N-dealkylation sites (N-methyl/N-ethyl adjacent to an activating group) is 1. The number of likely N-dealkylation sites (tertiary alicyclic amines) is 1. The van der Waals surface area contributed by atoms with Crippen LogP contribution in [0.4, 0.5) is 5.69 Å². The highest BCUT2D eigenvalue weighted by Gasteiger charge is 2.38. The number of ether oxygens (including phenoxy) is 1. The predicted octanol–water partition coefficient (Wildman–Crippen LogP) is 3.16. The third-order valence-corrected chi connectivity index (χ3v) is 7.78. The third kappa shape index (κ3) is 3.11. The summed E-state index contributed by atoms with van der Waals surface area (Å²) in [6, 6.07) is 12.7. The molecule has 1 unspecified atom stereocenters. The highest BCUT2D eigenvalue weighted by atomic mass is 32.2. The van der Waals surface area contributed by atoms with Crippen molar-refractivity contribution in [3.63, 3.8) is 0 Å². The van der Waals surface area contributed by atoms with Crippen LogP contribution in [0.1, 0.15) is 24.3 Å². The van der Waals surface area contributed by atoms with E-state index in [-0.39, 0.29) is 4.90 Å². The highest BCUT2D eigenvalue weighted by Crippen LogP contribution is 2.45. The first-order valence-corrected chi connectivity index (χ1v) is 10.8. The lowest BCUT2D eigenvalue weighted by Crippen LogP contribution is -2.31. The van der Waals surface area contributed by atoms with Gasteiger partial charge in [-0.05, 0) is 74.9 Å². The molecule has 4 rings (SSSR count). The molecule has 1 fully saturated rings. The fourth-order valence-electron chi connectivity index (χ4n) is 4.44. The van der Waals surface area contributed by atoms with Crippen LogP contribution in [-0.2, 0) is 9.84 Å². The Balaban J connectivity index is 1.75. The van der Waals surface area contributed by atoms with E-state index in [4.69, 9.17) is 4.74 Å². The second kappa shape index (κ2) is 6.84. The van der Waals surface area contributed by atoms with Crippen LogP contribution in [0.25, 0.3) is 0 Å². The molecule has 2 aromatic carbocycles. The maximum Gasteiger partial charge on any atom is 0.206 e. The molecular weight excluding hydrogens is 360 g/mol. The molecule has 0 aliphatic carbocycles. The van der Waals surface area contributed by atoms with Crippen LogP contribution in [-0.4, -0.2) is 53.7 Å². The van der Waals surface area contributed by atoms with Crippen molar-refractivity contribution in [1.29, 1.82) is 0 Å². The summed E-state index contributed by atoms with van der Waals surface area (Å²) in [7, 11) is 2.25. The smallest absolute Gasteiger partial charge is 0.206 e. The van der Waals surface area contributed by atoms with Crippen molar-refractivity contribution < 1.29 is 13.2 Å². The van der Waals surface area contributed by atoms with Gasteiger partial charge in [0.25, 0.3) is 0 Å². The molecule has 1 saturated heterocycles. The normalized spacial score (nSPS) is 22.9. The molecule has 27 heavy (non-hydrogen) atoms. The van der Waals surface area contributed by atoms with E-state index >= 15 is 0 Å². The Morgan fingerprint density at radius 3 is 2.52 bits per heavy atom. The van der Waals surface area contributed by atoms with Gasteiger partial charge in [0, 0.05) is 24.7 Å². The van der Waals surface area contributed by atoms with Gasteiger partial charge in [-0.1, -0.05) is 6.07 Å². The molecule has 0 bridgehead atoms. The molecule has 6 heteroatoms. The lowest BCUT2D eigenvalue weighted by molar-refractivity contribution is 0.345. The Morgan fingerprint density at radius 2 is 1.74 bits per heavy atom. The number of hydrogen-bond acceptors (Lipinski definition) is 5. The SMILES string of the molecule is COc1cccc(S(=O)(=O)c2ccc3c(c2)[C@@H]2CCN(C)CCC2N3C)c1. The topological polar surface area (TPSA) is 49.9 Å². The van der Waals surface area contributed by atoms with E-state index in [1.54, 1.807) is 37.4 Å². The zero-order chi connectivity index (χ0) is 19.2. The van der Waals surface area contributed by atoms with Crippen molar-refractivity contribution >= 4 is 15.5 Å². The molecule has 2 heterocycles. The maximum atomic E-state index is 13.2. The first kappa shape index (κ1) is 18.3. The minimum absolute atomic E-state index is 0.269. The molecule has 2 aromatic rings. The molecule has 0 amide bonds. The van der Waals surface area contributed by atoms with Crippen LogP contribution in [0.3, 0.4) is 0 Å². The van der Waals surface area contributed by atoms with Gasteiger partial charge in [0.05, 0.1) is 16.9 Å². The van der Waals surface area contributed by atoms with E-state index in [1.165, 1.54) is 11.3 Å². The van der Waals surface area contributed by atoms with Gasteiger partial charge in [0.2, 0.25) is 9.84 Å². The molecule has 0 aromatic heterocycles. The first-order valence-electron chi connectivity index (χ1n) is 9.36. The first-order chi connectivity index (χ1) is 12.9. The lowest BCUT2D eigenvalue weighted by atomic mass is 9.91. The number of rotatable bonds is 3. The Morgan fingerprint density at radius 1 is 1.00 bits per heavy atom. The second-order valence-electron chi connectivity index (χ2n) is 7.57. The molecular formula is C21H26N2O3S. The van der Waals surface area contributed by atoms with Gasteiger partial charge in [0.15, 0.2) is 0 Å². The van der Waals surface area contributed by atoms with Crippen molar-refractivity contribution in [2.75, 3.05) is 39.2 Å². The molecule has 2 aliphatic heterocycles. The number of fused-ring (bicyclic) bond motifs is 3. The highest BCUT2D eigenvalue weighted by molar-refractivity contribution is 7.91. The monoisotopic (exact) mass is 386 g/mol. The van der Waals surface area contributed by atoms with Gasteiger partial charge in [-0.25, -0.2) is 8.42 Å². The van der Waals surface area contributed by atoms with Gasteiger partial charge in [-0.2, -0.15) is 0 Å². The fraction of sp³-hybridized carbons (Fsp3) is 0.429. The molecule has 2 atom stereocenters. The Hall–Kier alpha value is -2.05. The largest absolute Gasteiger partial charge is 0.497 e. The molecule has 5 nitrogen and oxygen atoms in total. The zero-order valence-electron chi connectivity index (χ0n) is 16.1. The Kier molecular flexibility index (Phi) is 4.64. The van der Waals surface area contributed by atoms with Gasteiger partial charge in [-0.3, -0.25) is 0 Å². The van der Waals surface area contributed by atoms with E-state index in [1.807, 2.05) is 12.1 Å². The minimum atomic E-state index is -3.58. The number of methoxy groups -OCH3 is 1. The summed E-state index contributed by atoms with van der Waals surface area (Å²) in [6.07, 6.45) is 2.16. The van der Waals surface area contributed by atoms with Crippen LogP contribution >= 0.6 is 0 Å². The predicted molar refractivity (Wildman–Crippen MR) is 107 cm³/mol. The number of benzene rings is 2. The van der Waals surface area contributed by atoms with Gasteiger partial charge < -0.3 is 14.5 Å². The van der Waals surface area contributed by atoms with Crippen molar-refractivity contribution in [2.45, 2.75) is 34.6 Å². The van der Waals surface area contributed by atoms with Crippen LogP contribution in [0.15, 0.2) is 52.3 Å². The lowest BCUT2D eigenvalue weighted by Gasteiger charge is -2.25. The summed E-state index contributed by atoms with van der Waals surface area (Å²) in [5, 5.41) is 0. The van der Waals surface area contributed by atoms with E-state index in [2.05, 4.69) is 23.9 Å². The van der Waals surface area contributed by atoms with Crippen LogP contribution < -0.4 is 9.64 Å². The standard InChI is InChI=1S/C21H26N2O3S/c1-22-11-9-18-19-14-17(7-8-20(19)23(2)21(18)10-12-22)27(24,25)16-6-4-5-15(13-16)26-3/h4-8,13-14,18,21H,9-12H2,1-3H3/t18-,21?/m0/s1. The number of sulfone groups is 1. The van der Waals surface area contributed by atoms with Crippen molar-refractivity contribution in [3.05, 3.63) is 48.0 Å². The Bertz CT molecular complexity index is 958. The fourth-order valence-corrected chi connectivity index (χ4v) is 5.78. The minimum Gasteiger partial charge on any atom is -0.497 e. The summed E-state index contributed by atoms with van der Waals surface area (Å²) in [6.45, 7) is 2.12.